The van der Waals surface area contributed by atoms with E-state index in [1.165, 1.54) is 83.0 Å². The summed E-state index contributed by atoms with van der Waals surface area (Å²) in [6.07, 6.45) is 2.10. The Morgan fingerprint density at radius 1 is 0.385 bits per heavy atom. The van der Waals surface area contributed by atoms with Crippen molar-refractivity contribution in [3.8, 4) is 50.2 Å². The molecule has 1 unspecified atom stereocenters. The van der Waals surface area contributed by atoms with Crippen LogP contribution < -0.4 is 0 Å². The van der Waals surface area contributed by atoms with E-state index in [0.717, 1.165) is 18.5 Å². The lowest BCUT2D eigenvalue weighted by Gasteiger charge is -2.21. The summed E-state index contributed by atoms with van der Waals surface area (Å²) in [5.41, 5.74) is 17.9. The van der Waals surface area contributed by atoms with Crippen LogP contribution in [0.4, 0.5) is 0 Å². The van der Waals surface area contributed by atoms with Gasteiger partial charge in [0, 0.05) is 22.4 Å². The zero-order chi connectivity index (χ0) is 34.4. The Bertz CT molecular complexity index is 2680. The first-order chi connectivity index (χ1) is 25.8. The van der Waals surface area contributed by atoms with E-state index in [2.05, 4.69) is 199 Å². The number of hydrogen-bond donors (Lipinski definition) is 0. The third-order valence-electron chi connectivity index (χ3n) is 11.0. The lowest BCUT2D eigenvalue weighted by atomic mass is 9.83. The summed E-state index contributed by atoms with van der Waals surface area (Å²) in [4.78, 5) is 0. The Balaban J connectivity index is 1.22. The molecule has 0 saturated carbocycles. The molecule has 0 spiro atoms. The van der Waals surface area contributed by atoms with Crippen molar-refractivity contribution in [1.82, 2.24) is 4.57 Å². The minimum Gasteiger partial charge on any atom is -0.309 e. The van der Waals surface area contributed by atoms with Gasteiger partial charge in [0.15, 0.2) is 0 Å². The van der Waals surface area contributed by atoms with E-state index < -0.39 is 0 Å². The first kappa shape index (κ1) is 30.4. The second kappa shape index (κ2) is 12.7. The molecule has 0 saturated heterocycles. The lowest BCUT2D eigenvalue weighted by molar-refractivity contribution is 0.726. The zero-order valence-corrected chi connectivity index (χ0v) is 28.9. The van der Waals surface area contributed by atoms with Gasteiger partial charge in [-0.25, -0.2) is 0 Å². The second-order valence-electron chi connectivity index (χ2n) is 14.0. The van der Waals surface area contributed by atoms with Crippen LogP contribution in [0.3, 0.4) is 0 Å². The molecule has 1 aromatic heterocycles. The van der Waals surface area contributed by atoms with Gasteiger partial charge in [-0.05, 0) is 110 Å². The standard InChI is InChI=1S/C51H37N/c1-3-15-35(16-4-1)38-29-39(32-42(31-38)45-28-27-37-19-7-8-20-44(37)46-21-9-10-22-47(45)46)41-30-40(36-17-5-2-6-18-36)33-43(34-41)52-50-25-13-11-23-48(50)49-24-12-14-26-51(49)52/h1-26,29-34,45H,27-28H2. The number of para-hydroxylation sites is 2. The Morgan fingerprint density at radius 3 is 1.52 bits per heavy atom. The van der Waals surface area contributed by atoms with Crippen molar-refractivity contribution in [3.63, 3.8) is 0 Å². The van der Waals surface area contributed by atoms with Gasteiger partial charge in [0.25, 0.3) is 0 Å². The number of aromatic nitrogens is 1. The summed E-state index contributed by atoms with van der Waals surface area (Å²) >= 11 is 0. The highest BCUT2D eigenvalue weighted by Gasteiger charge is 2.25. The van der Waals surface area contributed by atoms with Crippen LogP contribution >= 0.6 is 0 Å². The van der Waals surface area contributed by atoms with Gasteiger partial charge in [-0.3, -0.25) is 0 Å². The highest BCUT2D eigenvalue weighted by atomic mass is 15.0. The number of rotatable bonds is 5. The van der Waals surface area contributed by atoms with E-state index >= 15 is 0 Å². The van der Waals surface area contributed by atoms with Gasteiger partial charge in [0.2, 0.25) is 0 Å². The highest BCUT2D eigenvalue weighted by Crippen LogP contribution is 2.44. The smallest absolute Gasteiger partial charge is 0.0541 e. The fraction of sp³-hybridized carbons (Fsp3) is 0.0588. The molecule has 9 aromatic rings. The summed E-state index contributed by atoms with van der Waals surface area (Å²) < 4.78 is 2.45. The molecule has 0 radical (unpaired) electrons. The van der Waals surface area contributed by atoms with Crippen molar-refractivity contribution in [3.05, 3.63) is 211 Å². The van der Waals surface area contributed by atoms with Crippen LogP contribution in [0.5, 0.6) is 0 Å². The van der Waals surface area contributed by atoms with Gasteiger partial charge in [0.1, 0.15) is 0 Å². The van der Waals surface area contributed by atoms with Crippen molar-refractivity contribution in [2.24, 2.45) is 0 Å². The molecule has 1 aliphatic rings. The van der Waals surface area contributed by atoms with E-state index in [1.807, 2.05) is 0 Å². The van der Waals surface area contributed by atoms with E-state index in [-0.39, 0.29) is 5.92 Å². The summed E-state index contributed by atoms with van der Waals surface area (Å²) in [7, 11) is 0. The predicted octanol–water partition coefficient (Wildman–Crippen LogP) is 13.5. The lowest BCUT2D eigenvalue weighted by Crippen LogP contribution is -2.03. The molecule has 1 nitrogen and oxygen atoms in total. The third kappa shape index (κ3) is 5.25. The molecule has 246 valence electrons. The van der Waals surface area contributed by atoms with E-state index in [0.29, 0.717) is 0 Å². The fourth-order valence-electron chi connectivity index (χ4n) is 8.57. The van der Waals surface area contributed by atoms with Gasteiger partial charge >= 0.3 is 0 Å². The van der Waals surface area contributed by atoms with Gasteiger partial charge in [0.05, 0.1) is 11.0 Å². The van der Waals surface area contributed by atoms with Crippen molar-refractivity contribution in [2.75, 3.05) is 0 Å². The van der Waals surface area contributed by atoms with Gasteiger partial charge < -0.3 is 4.57 Å². The maximum atomic E-state index is 2.48. The molecule has 10 rings (SSSR count). The number of nitrogens with zero attached hydrogens (tertiary/aromatic N) is 1. The summed E-state index contributed by atoms with van der Waals surface area (Å²) in [5.74, 6) is 0.264. The number of aryl methyl sites for hydroxylation is 1. The van der Waals surface area contributed by atoms with Crippen LogP contribution in [0.2, 0.25) is 0 Å². The molecule has 0 amide bonds. The Labute approximate surface area is 305 Å². The van der Waals surface area contributed by atoms with Crippen LogP contribution in [-0.2, 0) is 6.42 Å². The molecular formula is C51H37N. The quantitative estimate of drug-likeness (QED) is 0.173. The largest absolute Gasteiger partial charge is 0.309 e. The average Bonchev–Trinajstić information content (AvgIpc) is 3.46. The van der Waals surface area contributed by atoms with Crippen molar-refractivity contribution < 1.29 is 0 Å². The van der Waals surface area contributed by atoms with Crippen molar-refractivity contribution >= 4 is 21.8 Å². The predicted molar refractivity (Wildman–Crippen MR) is 219 cm³/mol. The molecular weight excluding hydrogens is 627 g/mol. The van der Waals surface area contributed by atoms with Crippen LogP contribution in [0.25, 0.3) is 72.0 Å². The fourth-order valence-corrected chi connectivity index (χ4v) is 8.57. The van der Waals surface area contributed by atoms with Gasteiger partial charge in [-0.15, -0.1) is 0 Å². The summed E-state index contributed by atoms with van der Waals surface area (Å²) in [6.45, 7) is 0. The highest BCUT2D eigenvalue weighted by molar-refractivity contribution is 6.09. The number of benzene rings is 8. The topological polar surface area (TPSA) is 4.93 Å². The SMILES string of the molecule is c1ccc(-c2cc(-c3cc(-c4ccccc4)cc(-n4c5ccccc5c5ccccc54)c3)cc(C3CCc4ccccc4-c4ccccc43)c2)cc1. The van der Waals surface area contributed by atoms with Crippen LogP contribution in [0.1, 0.15) is 29.0 Å². The van der Waals surface area contributed by atoms with Crippen molar-refractivity contribution in [2.45, 2.75) is 18.8 Å². The van der Waals surface area contributed by atoms with Crippen LogP contribution in [0.15, 0.2) is 194 Å². The summed E-state index contributed by atoms with van der Waals surface area (Å²) in [6, 6.07) is 71.8. The van der Waals surface area contributed by atoms with Crippen LogP contribution in [-0.4, -0.2) is 4.57 Å². The Kier molecular flexibility index (Phi) is 7.43. The molecule has 8 aromatic carbocycles. The van der Waals surface area contributed by atoms with E-state index in [1.54, 1.807) is 0 Å². The van der Waals surface area contributed by atoms with Crippen molar-refractivity contribution in [1.29, 1.82) is 0 Å². The van der Waals surface area contributed by atoms with Gasteiger partial charge in [-0.2, -0.15) is 0 Å². The monoisotopic (exact) mass is 663 g/mol. The number of hydrogen-bond acceptors (Lipinski definition) is 0. The molecule has 0 N–H and O–H groups in total. The van der Waals surface area contributed by atoms with E-state index in [4.69, 9.17) is 0 Å². The molecule has 1 aliphatic carbocycles. The first-order valence-electron chi connectivity index (χ1n) is 18.4. The molecule has 1 heteroatoms. The molecule has 0 bridgehead atoms. The first-order valence-corrected chi connectivity index (χ1v) is 18.4. The molecule has 0 aliphatic heterocycles. The normalized spacial score (nSPS) is 13.8. The van der Waals surface area contributed by atoms with Gasteiger partial charge in [-0.1, -0.05) is 158 Å². The minimum absolute atomic E-state index is 0.264. The average molecular weight is 664 g/mol. The molecule has 1 atom stereocenters. The Morgan fingerprint density at radius 2 is 0.865 bits per heavy atom. The maximum Gasteiger partial charge on any atom is 0.0541 e. The maximum absolute atomic E-state index is 2.48. The number of fused-ring (bicyclic) bond motifs is 6. The Hall–Kier alpha value is -6.44. The zero-order valence-electron chi connectivity index (χ0n) is 28.9. The summed E-state index contributed by atoms with van der Waals surface area (Å²) in [5, 5.41) is 2.54. The van der Waals surface area contributed by atoms with Crippen LogP contribution in [0, 0.1) is 0 Å². The third-order valence-corrected chi connectivity index (χ3v) is 11.0. The minimum atomic E-state index is 0.264. The van der Waals surface area contributed by atoms with E-state index in [9.17, 15) is 0 Å². The molecule has 1 heterocycles. The second-order valence-corrected chi connectivity index (χ2v) is 14.0. The molecule has 0 fully saturated rings. The molecule has 52 heavy (non-hydrogen) atoms.